The second-order valence-electron chi connectivity index (χ2n) is 4.67. The Kier molecular flexibility index (Phi) is 4.56. The van der Waals surface area contributed by atoms with Crippen molar-refractivity contribution in [1.82, 2.24) is 14.8 Å². The first-order valence-corrected chi connectivity index (χ1v) is 6.75. The number of pyridine rings is 1. The van der Waals surface area contributed by atoms with Gasteiger partial charge >= 0.3 is 6.03 Å². The lowest BCUT2D eigenvalue weighted by Crippen LogP contribution is -2.45. The van der Waals surface area contributed by atoms with E-state index in [2.05, 4.69) is 4.98 Å². The van der Waals surface area contributed by atoms with E-state index in [0.717, 1.165) is 38.2 Å². The summed E-state index contributed by atoms with van der Waals surface area (Å²) in [6.45, 7) is 5.15. The van der Waals surface area contributed by atoms with Crippen LogP contribution in [0.4, 0.5) is 4.79 Å². The number of aromatic nitrogens is 1. The molecule has 0 bridgehead atoms. The number of likely N-dealkylation sites (tertiary alicyclic amines) is 1. The van der Waals surface area contributed by atoms with Crippen LogP contribution in [-0.4, -0.2) is 40.4 Å². The van der Waals surface area contributed by atoms with Crippen molar-refractivity contribution in [3.63, 3.8) is 0 Å². The Morgan fingerprint density at radius 3 is 2.72 bits per heavy atom. The largest absolute Gasteiger partial charge is 0.325 e. The maximum Gasteiger partial charge on any atom is 0.320 e. The van der Waals surface area contributed by atoms with Gasteiger partial charge in [-0.3, -0.25) is 4.98 Å². The molecule has 2 rings (SSSR count). The smallest absolute Gasteiger partial charge is 0.320 e. The van der Waals surface area contributed by atoms with Crippen LogP contribution in [0.3, 0.4) is 0 Å². The minimum Gasteiger partial charge on any atom is -0.325 e. The van der Waals surface area contributed by atoms with Gasteiger partial charge in [0.25, 0.3) is 0 Å². The Morgan fingerprint density at radius 2 is 2.11 bits per heavy atom. The van der Waals surface area contributed by atoms with Gasteiger partial charge in [-0.2, -0.15) is 0 Å². The second kappa shape index (κ2) is 6.38. The van der Waals surface area contributed by atoms with E-state index in [1.807, 2.05) is 34.9 Å². The van der Waals surface area contributed by atoms with Crippen molar-refractivity contribution in [2.24, 2.45) is 0 Å². The maximum absolute atomic E-state index is 12.4. The third kappa shape index (κ3) is 3.22. The predicted molar refractivity (Wildman–Crippen MR) is 71.1 cm³/mol. The Bertz CT molecular complexity index is 374. The van der Waals surface area contributed by atoms with Crippen LogP contribution in [0, 0.1) is 0 Å². The quantitative estimate of drug-likeness (QED) is 0.823. The number of carbonyl (C=O) groups is 1. The molecule has 98 valence electrons. The molecule has 18 heavy (non-hydrogen) atoms. The molecule has 0 unspecified atom stereocenters. The van der Waals surface area contributed by atoms with Gasteiger partial charge in [-0.25, -0.2) is 4.79 Å². The number of hydrogen-bond donors (Lipinski definition) is 0. The van der Waals surface area contributed by atoms with E-state index in [9.17, 15) is 4.79 Å². The van der Waals surface area contributed by atoms with E-state index < -0.39 is 0 Å². The lowest BCUT2D eigenvalue weighted by molar-refractivity contribution is 0.143. The summed E-state index contributed by atoms with van der Waals surface area (Å²) in [5.74, 6) is 0. The first-order chi connectivity index (χ1) is 8.81. The van der Waals surface area contributed by atoms with Crippen LogP contribution < -0.4 is 0 Å². The van der Waals surface area contributed by atoms with E-state index in [1.165, 1.54) is 6.42 Å². The molecule has 0 aromatic carbocycles. The minimum absolute atomic E-state index is 0.155. The molecule has 1 aliphatic rings. The Labute approximate surface area is 109 Å². The molecule has 4 heteroatoms. The number of urea groups is 1. The molecule has 4 nitrogen and oxygen atoms in total. The highest BCUT2D eigenvalue weighted by Gasteiger charge is 2.21. The van der Waals surface area contributed by atoms with Gasteiger partial charge in [0.1, 0.15) is 0 Å². The lowest BCUT2D eigenvalue weighted by atomic mass is 10.1. The molecule has 2 amide bonds. The summed E-state index contributed by atoms with van der Waals surface area (Å²) in [6.07, 6.45) is 5.28. The Balaban J connectivity index is 1.97. The first kappa shape index (κ1) is 12.9. The van der Waals surface area contributed by atoms with Gasteiger partial charge in [-0.1, -0.05) is 6.07 Å². The Morgan fingerprint density at radius 1 is 1.33 bits per heavy atom. The van der Waals surface area contributed by atoms with Crippen molar-refractivity contribution < 1.29 is 4.79 Å². The summed E-state index contributed by atoms with van der Waals surface area (Å²) in [4.78, 5) is 20.5. The molecule has 0 spiro atoms. The van der Waals surface area contributed by atoms with E-state index in [-0.39, 0.29) is 6.03 Å². The average Bonchev–Trinajstić information content (AvgIpc) is 2.46. The van der Waals surface area contributed by atoms with Crippen molar-refractivity contribution >= 4 is 6.03 Å². The summed E-state index contributed by atoms with van der Waals surface area (Å²) in [6, 6.07) is 5.97. The maximum atomic E-state index is 12.4. The average molecular weight is 247 g/mol. The van der Waals surface area contributed by atoms with Crippen LogP contribution in [0.1, 0.15) is 31.9 Å². The van der Waals surface area contributed by atoms with Crippen LogP contribution in [0.2, 0.25) is 0 Å². The summed E-state index contributed by atoms with van der Waals surface area (Å²) >= 11 is 0. The monoisotopic (exact) mass is 247 g/mol. The molecule has 0 radical (unpaired) electrons. The second-order valence-corrected chi connectivity index (χ2v) is 4.67. The minimum atomic E-state index is 0.155. The number of amides is 2. The first-order valence-electron chi connectivity index (χ1n) is 6.75. The summed E-state index contributed by atoms with van der Waals surface area (Å²) < 4.78 is 0. The SMILES string of the molecule is CCN(Cc1ccccn1)C(=O)N1CCCCC1. The van der Waals surface area contributed by atoms with Crippen molar-refractivity contribution in [2.45, 2.75) is 32.7 Å². The van der Waals surface area contributed by atoms with Crippen molar-refractivity contribution in [3.8, 4) is 0 Å². The topological polar surface area (TPSA) is 36.4 Å². The fourth-order valence-corrected chi connectivity index (χ4v) is 2.29. The summed E-state index contributed by atoms with van der Waals surface area (Å²) in [7, 11) is 0. The molecule has 0 aliphatic carbocycles. The zero-order valence-corrected chi connectivity index (χ0v) is 11.0. The molecule has 1 aromatic heterocycles. The van der Waals surface area contributed by atoms with Crippen LogP contribution >= 0.6 is 0 Å². The number of carbonyl (C=O) groups excluding carboxylic acids is 1. The summed E-state index contributed by atoms with van der Waals surface area (Å²) in [5, 5.41) is 0. The summed E-state index contributed by atoms with van der Waals surface area (Å²) in [5.41, 5.74) is 0.949. The van der Waals surface area contributed by atoms with Crippen molar-refractivity contribution in [3.05, 3.63) is 30.1 Å². The van der Waals surface area contributed by atoms with E-state index >= 15 is 0 Å². The van der Waals surface area contributed by atoms with Crippen LogP contribution in [0.5, 0.6) is 0 Å². The molecule has 0 atom stereocenters. The highest BCUT2D eigenvalue weighted by atomic mass is 16.2. The molecule has 1 aromatic rings. The predicted octanol–water partition coefficient (Wildman–Crippen LogP) is 2.51. The van der Waals surface area contributed by atoms with Crippen LogP contribution in [-0.2, 0) is 6.54 Å². The highest BCUT2D eigenvalue weighted by Crippen LogP contribution is 2.12. The third-order valence-corrected chi connectivity index (χ3v) is 3.36. The molecule has 0 saturated carbocycles. The fourth-order valence-electron chi connectivity index (χ4n) is 2.29. The van der Waals surface area contributed by atoms with Gasteiger partial charge < -0.3 is 9.80 Å². The van der Waals surface area contributed by atoms with Gasteiger partial charge in [0.2, 0.25) is 0 Å². The zero-order chi connectivity index (χ0) is 12.8. The lowest BCUT2D eigenvalue weighted by Gasteiger charge is -2.32. The molecule has 1 saturated heterocycles. The number of piperidine rings is 1. The van der Waals surface area contributed by atoms with Crippen LogP contribution in [0.25, 0.3) is 0 Å². The van der Waals surface area contributed by atoms with Crippen molar-refractivity contribution in [1.29, 1.82) is 0 Å². The zero-order valence-electron chi connectivity index (χ0n) is 11.0. The van der Waals surface area contributed by atoms with Gasteiger partial charge in [0.05, 0.1) is 12.2 Å². The number of rotatable bonds is 3. The molecule has 1 fully saturated rings. The number of hydrogen-bond acceptors (Lipinski definition) is 2. The molecule has 1 aliphatic heterocycles. The van der Waals surface area contributed by atoms with Crippen LogP contribution in [0.15, 0.2) is 24.4 Å². The highest BCUT2D eigenvalue weighted by molar-refractivity contribution is 5.74. The van der Waals surface area contributed by atoms with E-state index in [0.29, 0.717) is 6.54 Å². The number of nitrogens with zero attached hydrogens (tertiary/aromatic N) is 3. The van der Waals surface area contributed by atoms with Gasteiger partial charge in [0.15, 0.2) is 0 Å². The third-order valence-electron chi connectivity index (χ3n) is 3.36. The van der Waals surface area contributed by atoms with E-state index in [4.69, 9.17) is 0 Å². The normalized spacial score (nSPS) is 15.5. The molecule has 0 N–H and O–H groups in total. The molecular formula is C14H21N3O. The fraction of sp³-hybridized carbons (Fsp3) is 0.571. The van der Waals surface area contributed by atoms with Gasteiger partial charge in [-0.15, -0.1) is 0 Å². The van der Waals surface area contributed by atoms with Crippen molar-refractivity contribution in [2.75, 3.05) is 19.6 Å². The van der Waals surface area contributed by atoms with Gasteiger partial charge in [0, 0.05) is 25.8 Å². The molecular weight excluding hydrogens is 226 g/mol. The van der Waals surface area contributed by atoms with E-state index in [1.54, 1.807) is 6.20 Å². The standard InChI is InChI=1S/C14H21N3O/c1-2-16(12-13-8-4-5-9-15-13)14(18)17-10-6-3-7-11-17/h4-5,8-9H,2-3,6-7,10-12H2,1H3. The van der Waals surface area contributed by atoms with Gasteiger partial charge in [-0.05, 0) is 38.3 Å². The molecule has 2 heterocycles. The Hall–Kier alpha value is -1.58.